The molecular weight excluding hydrogens is 197 g/mol. The van der Waals surface area contributed by atoms with Gasteiger partial charge in [-0.1, -0.05) is 0 Å². The summed E-state index contributed by atoms with van der Waals surface area (Å²) in [5.41, 5.74) is 0. The van der Waals surface area contributed by atoms with Crippen LogP contribution in [0.4, 0.5) is 8.78 Å². The molecule has 0 aromatic carbocycles. The van der Waals surface area contributed by atoms with Crippen molar-refractivity contribution in [3.8, 4) is 0 Å². The number of rotatable bonds is 2. The molecule has 0 saturated carbocycles. The van der Waals surface area contributed by atoms with Gasteiger partial charge in [-0.15, -0.1) is 0 Å². The van der Waals surface area contributed by atoms with Gasteiger partial charge in [0, 0.05) is 0 Å². The molecular formula is C2H4F2OSn. The molecule has 0 spiro atoms. The molecule has 0 aliphatic heterocycles. The second-order valence-electron chi connectivity index (χ2n) is 0.700. The standard InChI is InChI=1S/C2H3F2O.Sn.H/c3-1-2(4)5;;/h2H,1H2;;/q-1;+1;. The van der Waals surface area contributed by atoms with Crippen molar-refractivity contribution in [2.75, 3.05) is 6.67 Å². The summed E-state index contributed by atoms with van der Waals surface area (Å²) in [6, 6.07) is 0. The van der Waals surface area contributed by atoms with Crippen molar-refractivity contribution < 1.29 is 11.9 Å². The van der Waals surface area contributed by atoms with E-state index in [2.05, 4.69) is 3.07 Å². The van der Waals surface area contributed by atoms with E-state index in [1.54, 1.807) is 0 Å². The van der Waals surface area contributed by atoms with Gasteiger partial charge in [-0.05, 0) is 0 Å². The quantitative estimate of drug-likeness (QED) is 0.574. The Labute approximate surface area is 48.3 Å². The summed E-state index contributed by atoms with van der Waals surface area (Å²) in [6.07, 6.45) is -1.67. The van der Waals surface area contributed by atoms with Gasteiger partial charge in [0.15, 0.2) is 0 Å². The van der Waals surface area contributed by atoms with Crippen molar-refractivity contribution in [2.24, 2.45) is 0 Å². The van der Waals surface area contributed by atoms with Crippen LogP contribution in [0.3, 0.4) is 0 Å². The summed E-state index contributed by atoms with van der Waals surface area (Å²) in [4.78, 5) is 0. The second-order valence-corrected chi connectivity index (χ2v) is 1.48. The van der Waals surface area contributed by atoms with Crippen LogP contribution in [0.2, 0.25) is 0 Å². The molecule has 36 valence electrons. The summed E-state index contributed by atoms with van der Waals surface area (Å²) in [7, 11) is 0. The summed E-state index contributed by atoms with van der Waals surface area (Å²) >= 11 is 0.322. The normalized spacial score (nSPS) is 14.5. The third-order valence-corrected chi connectivity index (χ3v) is 1.11. The minimum atomic E-state index is -1.67. The summed E-state index contributed by atoms with van der Waals surface area (Å²) in [6.45, 7) is -1.03. The van der Waals surface area contributed by atoms with E-state index in [1.807, 2.05) is 0 Å². The second kappa shape index (κ2) is 3.80. The Morgan fingerprint density at radius 3 is 2.33 bits per heavy atom. The molecule has 0 aromatic rings. The molecule has 0 bridgehead atoms. The molecule has 0 saturated heterocycles. The van der Waals surface area contributed by atoms with Crippen LogP contribution >= 0.6 is 0 Å². The molecule has 1 atom stereocenters. The van der Waals surface area contributed by atoms with Crippen molar-refractivity contribution in [1.29, 1.82) is 0 Å². The zero-order chi connectivity index (χ0) is 4.99. The summed E-state index contributed by atoms with van der Waals surface area (Å²) in [5.74, 6) is 0. The van der Waals surface area contributed by atoms with Gasteiger partial charge in [-0.2, -0.15) is 0 Å². The van der Waals surface area contributed by atoms with E-state index < -0.39 is 13.0 Å². The van der Waals surface area contributed by atoms with E-state index in [0.29, 0.717) is 22.9 Å². The molecule has 2 radical (unpaired) electrons. The van der Waals surface area contributed by atoms with Gasteiger partial charge >= 0.3 is 47.8 Å². The number of alkyl halides is 2. The van der Waals surface area contributed by atoms with Crippen LogP contribution in [0.15, 0.2) is 0 Å². The predicted octanol–water partition coefficient (Wildman–Crippen LogP) is 0.0839. The van der Waals surface area contributed by atoms with E-state index in [1.165, 1.54) is 0 Å². The molecule has 0 N–H and O–H groups in total. The average molecular weight is 201 g/mol. The number of hydrogen-bond donors (Lipinski definition) is 0. The fraction of sp³-hybridized carbons (Fsp3) is 1.00. The molecule has 0 amide bonds. The first-order chi connectivity index (χ1) is 2.81. The van der Waals surface area contributed by atoms with Crippen LogP contribution in [0.1, 0.15) is 0 Å². The maximum absolute atomic E-state index is 11.3. The molecule has 6 heavy (non-hydrogen) atoms. The van der Waals surface area contributed by atoms with E-state index in [4.69, 9.17) is 0 Å². The van der Waals surface area contributed by atoms with Crippen LogP contribution in [0.5, 0.6) is 0 Å². The third-order valence-electron chi connectivity index (χ3n) is 0.269. The van der Waals surface area contributed by atoms with Crippen molar-refractivity contribution in [1.82, 2.24) is 0 Å². The molecule has 0 aliphatic rings. The summed E-state index contributed by atoms with van der Waals surface area (Å²) in [5, 5.41) is 0. The van der Waals surface area contributed by atoms with Crippen molar-refractivity contribution in [2.45, 2.75) is 6.36 Å². The Morgan fingerprint density at radius 2 is 2.33 bits per heavy atom. The summed E-state index contributed by atoms with van der Waals surface area (Å²) < 4.78 is 26.2. The molecule has 1 nitrogen and oxygen atoms in total. The average Bonchev–Trinajstić information content (AvgIpc) is 1.65. The van der Waals surface area contributed by atoms with Gasteiger partial charge in [0.25, 0.3) is 0 Å². The van der Waals surface area contributed by atoms with Crippen molar-refractivity contribution in [3.63, 3.8) is 0 Å². The topological polar surface area (TPSA) is 9.23 Å². The van der Waals surface area contributed by atoms with Gasteiger partial charge in [-0.3, -0.25) is 0 Å². The first-order valence-electron chi connectivity index (χ1n) is 1.37. The Morgan fingerprint density at radius 1 is 1.83 bits per heavy atom. The molecule has 0 aromatic heterocycles. The number of hydrogen-bond acceptors (Lipinski definition) is 1. The van der Waals surface area contributed by atoms with Crippen LogP contribution in [0.25, 0.3) is 0 Å². The Kier molecular flexibility index (Phi) is 4.19. The Hall–Kier alpha value is 0.619. The third kappa shape index (κ3) is 2.84. The molecule has 0 aliphatic carbocycles. The van der Waals surface area contributed by atoms with Gasteiger partial charge < -0.3 is 0 Å². The van der Waals surface area contributed by atoms with Gasteiger partial charge in [0.2, 0.25) is 0 Å². The maximum atomic E-state index is 11.3. The molecule has 1 unspecified atom stereocenters. The van der Waals surface area contributed by atoms with E-state index in [0.717, 1.165) is 0 Å². The van der Waals surface area contributed by atoms with E-state index >= 15 is 0 Å². The van der Waals surface area contributed by atoms with E-state index in [9.17, 15) is 8.78 Å². The van der Waals surface area contributed by atoms with Crippen LogP contribution in [-0.4, -0.2) is 36.0 Å². The monoisotopic (exact) mass is 202 g/mol. The van der Waals surface area contributed by atoms with Crippen LogP contribution in [-0.2, 0) is 3.07 Å². The first kappa shape index (κ1) is 6.62. The Balaban J connectivity index is 2.75. The van der Waals surface area contributed by atoms with E-state index in [-0.39, 0.29) is 0 Å². The van der Waals surface area contributed by atoms with Gasteiger partial charge in [-0.25, -0.2) is 0 Å². The SMILES string of the molecule is FCC(F)[O][SnH]. The number of halogens is 2. The fourth-order valence-corrected chi connectivity index (χ4v) is 0.244. The van der Waals surface area contributed by atoms with Gasteiger partial charge in [0.05, 0.1) is 0 Å². The zero-order valence-electron chi connectivity index (χ0n) is 3.03. The Bertz CT molecular complexity index is 30.7. The van der Waals surface area contributed by atoms with Crippen LogP contribution < -0.4 is 0 Å². The van der Waals surface area contributed by atoms with Gasteiger partial charge in [0.1, 0.15) is 0 Å². The fourth-order valence-electron chi connectivity index (χ4n) is 0.0364. The van der Waals surface area contributed by atoms with Crippen molar-refractivity contribution in [3.05, 3.63) is 0 Å². The molecule has 0 rings (SSSR count). The zero-order valence-corrected chi connectivity index (χ0v) is 6.32. The van der Waals surface area contributed by atoms with Crippen LogP contribution in [0, 0.1) is 0 Å². The predicted molar refractivity (Wildman–Crippen MR) is 19.1 cm³/mol. The van der Waals surface area contributed by atoms with Crippen molar-refractivity contribution >= 4 is 22.9 Å². The molecule has 0 fully saturated rings. The first-order valence-corrected chi connectivity index (χ1v) is 2.71. The molecule has 0 heterocycles. The minimum absolute atomic E-state index is 0.322. The molecule has 4 heteroatoms.